The minimum atomic E-state index is -1.23. The predicted octanol–water partition coefficient (Wildman–Crippen LogP) is 5.56. The van der Waals surface area contributed by atoms with Gasteiger partial charge in [-0.3, -0.25) is 9.59 Å². The van der Waals surface area contributed by atoms with Crippen LogP contribution in [-0.2, 0) is 22.4 Å². The molecule has 7 nitrogen and oxygen atoms in total. The van der Waals surface area contributed by atoms with E-state index in [9.17, 15) is 19.1 Å². The molecule has 0 saturated heterocycles. The molecule has 0 saturated carbocycles. The van der Waals surface area contributed by atoms with Crippen LogP contribution in [0.2, 0.25) is 5.02 Å². The normalized spacial score (nSPS) is 13.7. The third-order valence-electron chi connectivity index (χ3n) is 5.99. The number of hydrogen-bond donors (Lipinski definition) is 2. The number of carbonyl (C=O) groups is 2. The first-order valence-corrected chi connectivity index (χ1v) is 12.1. The van der Waals surface area contributed by atoms with Crippen LogP contribution in [0.5, 0.6) is 0 Å². The fourth-order valence-corrected chi connectivity index (χ4v) is 4.09. The summed E-state index contributed by atoms with van der Waals surface area (Å²) in [4.78, 5) is 25.0. The Balaban J connectivity index is 1.84. The molecule has 0 spiro atoms. The lowest BCUT2D eigenvalue weighted by Gasteiger charge is -2.30. The minimum absolute atomic E-state index is 0.000472. The lowest BCUT2D eigenvalue weighted by Crippen LogP contribution is -2.44. The molecule has 0 bridgehead atoms. The average molecular weight is 517 g/mol. The Bertz CT molecular complexity index is 1200. The lowest BCUT2D eigenvalue weighted by atomic mass is 9.82. The van der Waals surface area contributed by atoms with E-state index in [-0.39, 0.29) is 24.6 Å². The molecule has 1 heterocycles. The molecular formula is C27H30ClFN2O5. The van der Waals surface area contributed by atoms with E-state index in [0.29, 0.717) is 41.3 Å². The molecule has 0 aliphatic rings. The molecule has 0 unspecified atom stereocenters. The van der Waals surface area contributed by atoms with Crippen molar-refractivity contribution < 1.29 is 28.3 Å². The summed E-state index contributed by atoms with van der Waals surface area (Å²) in [5.41, 5.74) is 1.29. The summed E-state index contributed by atoms with van der Waals surface area (Å²) < 4.78 is 24.9. The van der Waals surface area contributed by atoms with Crippen LogP contribution in [0.4, 0.5) is 4.39 Å². The summed E-state index contributed by atoms with van der Waals surface area (Å²) in [5, 5.41) is 17.1. The van der Waals surface area contributed by atoms with Crippen molar-refractivity contribution in [2.24, 2.45) is 5.41 Å². The van der Waals surface area contributed by atoms with Gasteiger partial charge in [0.15, 0.2) is 0 Å². The SMILES string of the molecule is CCOC[C@](C)(C[C@@H](Cc1ccc(-c2cc(Cl)ccc2F)cc1)NC(=O)c1cc(CC)no1)C(=O)O. The van der Waals surface area contributed by atoms with Gasteiger partial charge in [-0.25, -0.2) is 4.39 Å². The molecule has 1 aromatic heterocycles. The van der Waals surface area contributed by atoms with Crippen LogP contribution in [0, 0.1) is 11.2 Å². The Hall–Kier alpha value is -3.23. The monoisotopic (exact) mass is 516 g/mol. The molecule has 0 fully saturated rings. The topological polar surface area (TPSA) is 102 Å². The Morgan fingerprint density at radius 3 is 2.53 bits per heavy atom. The number of aliphatic carboxylic acids is 1. The number of carboxylic acid groups (broad SMARTS) is 1. The summed E-state index contributed by atoms with van der Waals surface area (Å²) in [5.74, 6) is -1.82. The maximum Gasteiger partial charge on any atom is 0.311 e. The van der Waals surface area contributed by atoms with Crippen LogP contribution in [0.1, 0.15) is 49.0 Å². The van der Waals surface area contributed by atoms with E-state index in [4.69, 9.17) is 20.9 Å². The first kappa shape index (κ1) is 27.4. The van der Waals surface area contributed by atoms with Gasteiger partial charge in [0.1, 0.15) is 5.82 Å². The highest BCUT2D eigenvalue weighted by molar-refractivity contribution is 6.30. The number of carboxylic acids is 1. The maximum atomic E-state index is 14.3. The Morgan fingerprint density at radius 2 is 1.92 bits per heavy atom. The fourth-order valence-electron chi connectivity index (χ4n) is 3.92. The van der Waals surface area contributed by atoms with Gasteiger partial charge in [0.2, 0.25) is 5.76 Å². The molecule has 0 radical (unpaired) electrons. The van der Waals surface area contributed by atoms with E-state index < -0.39 is 23.3 Å². The third kappa shape index (κ3) is 6.92. The number of carbonyl (C=O) groups excluding carboxylic acids is 1. The zero-order valence-electron chi connectivity index (χ0n) is 20.5. The van der Waals surface area contributed by atoms with E-state index in [2.05, 4.69) is 10.5 Å². The molecule has 0 aliphatic heterocycles. The molecule has 9 heteroatoms. The Kier molecular flexibility index (Phi) is 9.23. The number of nitrogens with zero attached hydrogens (tertiary/aromatic N) is 1. The zero-order valence-corrected chi connectivity index (χ0v) is 21.3. The second-order valence-corrected chi connectivity index (χ2v) is 9.38. The summed E-state index contributed by atoms with van der Waals surface area (Å²) in [7, 11) is 0. The standard InChI is InChI=1S/C27H30ClFN2O5/c1-4-20-14-24(36-31-20)25(32)30-21(15-27(3,26(33)34)16-35-5-2)12-17-6-8-18(9-7-17)22-13-19(28)10-11-23(22)29/h6-11,13-14,21H,4-5,12,15-16H2,1-3H3,(H,30,32)(H,33,34)/t21-,27+/m1/s1. The number of aryl methyl sites for hydroxylation is 1. The van der Waals surface area contributed by atoms with Gasteiger partial charge in [0.25, 0.3) is 5.91 Å². The number of amides is 1. The first-order valence-electron chi connectivity index (χ1n) is 11.8. The lowest BCUT2D eigenvalue weighted by molar-refractivity contribution is -0.152. The number of ether oxygens (including phenoxy) is 1. The number of nitrogens with one attached hydrogen (secondary N) is 1. The van der Waals surface area contributed by atoms with E-state index in [0.717, 1.165) is 5.56 Å². The van der Waals surface area contributed by atoms with Crippen molar-refractivity contribution in [1.29, 1.82) is 0 Å². The van der Waals surface area contributed by atoms with Crippen molar-refractivity contribution in [2.75, 3.05) is 13.2 Å². The Morgan fingerprint density at radius 1 is 1.19 bits per heavy atom. The predicted molar refractivity (Wildman–Crippen MR) is 135 cm³/mol. The summed E-state index contributed by atoms with van der Waals surface area (Å²) in [6.45, 7) is 5.66. The smallest absolute Gasteiger partial charge is 0.311 e. The molecule has 2 atom stereocenters. The van der Waals surface area contributed by atoms with Crippen molar-refractivity contribution in [3.8, 4) is 11.1 Å². The zero-order chi connectivity index (χ0) is 26.3. The van der Waals surface area contributed by atoms with Crippen molar-refractivity contribution in [1.82, 2.24) is 10.5 Å². The Labute approximate surface area is 214 Å². The van der Waals surface area contributed by atoms with Crippen LogP contribution in [-0.4, -0.2) is 41.4 Å². The fraction of sp³-hybridized carbons (Fsp3) is 0.370. The largest absolute Gasteiger partial charge is 0.481 e. The number of benzene rings is 2. The second-order valence-electron chi connectivity index (χ2n) is 8.94. The van der Waals surface area contributed by atoms with Gasteiger partial charge in [0.05, 0.1) is 17.7 Å². The van der Waals surface area contributed by atoms with Crippen LogP contribution >= 0.6 is 11.6 Å². The van der Waals surface area contributed by atoms with Gasteiger partial charge in [-0.2, -0.15) is 0 Å². The van der Waals surface area contributed by atoms with E-state index in [1.165, 1.54) is 12.1 Å². The van der Waals surface area contributed by atoms with Gasteiger partial charge in [-0.1, -0.05) is 47.9 Å². The van der Waals surface area contributed by atoms with Crippen molar-refractivity contribution in [3.63, 3.8) is 0 Å². The number of rotatable bonds is 12. The molecule has 2 aromatic carbocycles. The van der Waals surface area contributed by atoms with E-state index >= 15 is 0 Å². The highest BCUT2D eigenvalue weighted by Crippen LogP contribution is 2.29. The average Bonchev–Trinajstić information content (AvgIpc) is 3.34. The van der Waals surface area contributed by atoms with Crippen LogP contribution < -0.4 is 5.32 Å². The molecular weight excluding hydrogens is 487 g/mol. The summed E-state index contributed by atoms with van der Waals surface area (Å²) in [6, 6.07) is 12.5. The van der Waals surface area contributed by atoms with Crippen LogP contribution in [0.3, 0.4) is 0 Å². The summed E-state index contributed by atoms with van der Waals surface area (Å²) in [6.07, 6.45) is 1.08. The number of aromatic nitrogens is 1. The number of halogens is 2. The van der Waals surface area contributed by atoms with Gasteiger partial charge in [-0.15, -0.1) is 0 Å². The van der Waals surface area contributed by atoms with Crippen molar-refractivity contribution >= 4 is 23.5 Å². The molecule has 36 heavy (non-hydrogen) atoms. The third-order valence-corrected chi connectivity index (χ3v) is 6.23. The van der Waals surface area contributed by atoms with E-state index in [1.54, 1.807) is 38.1 Å². The van der Waals surface area contributed by atoms with Gasteiger partial charge < -0.3 is 19.7 Å². The highest BCUT2D eigenvalue weighted by Gasteiger charge is 2.37. The van der Waals surface area contributed by atoms with Crippen LogP contribution in [0.15, 0.2) is 53.1 Å². The van der Waals surface area contributed by atoms with Gasteiger partial charge >= 0.3 is 5.97 Å². The molecule has 2 N–H and O–H groups in total. The maximum absolute atomic E-state index is 14.3. The van der Waals surface area contributed by atoms with Crippen molar-refractivity contribution in [3.05, 3.63) is 76.4 Å². The van der Waals surface area contributed by atoms with Crippen molar-refractivity contribution in [2.45, 2.75) is 46.1 Å². The molecule has 3 aromatic rings. The minimum Gasteiger partial charge on any atom is -0.481 e. The second kappa shape index (κ2) is 12.1. The molecule has 192 valence electrons. The van der Waals surface area contributed by atoms with E-state index in [1.807, 2.05) is 19.1 Å². The molecule has 3 rings (SSSR count). The quantitative estimate of drug-likeness (QED) is 0.327. The summed E-state index contributed by atoms with van der Waals surface area (Å²) >= 11 is 6.02. The van der Waals surface area contributed by atoms with Crippen LogP contribution in [0.25, 0.3) is 11.1 Å². The molecule has 0 aliphatic carbocycles. The van der Waals surface area contributed by atoms with Gasteiger partial charge in [0, 0.05) is 29.3 Å². The number of hydrogen-bond acceptors (Lipinski definition) is 5. The van der Waals surface area contributed by atoms with Gasteiger partial charge in [-0.05, 0) is 62.4 Å². The highest BCUT2D eigenvalue weighted by atomic mass is 35.5. The first-order chi connectivity index (χ1) is 17.1. The molecule has 1 amide bonds.